The molecule has 0 saturated carbocycles. The SMILES string of the molecule is Cc1ccc2c(c1)[C@@H](c1ccc(OCc3ccc(C[N+]45CCN(CC4)CC5)cc3)cc1)[C@@H](O)C(C)(C)CS2(=O)=O.[Cl-]. The molecular formula is C33H41ClN2O4S. The smallest absolute Gasteiger partial charge is 0.179 e. The van der Waals surface area contributed by atoms with Crippen molar-refractivity contribution in [3.63, 3.8) is 0 Å². The Bertz CT molecular complexity index is 1470. The molecule has 1 N–H and O–H groups in total. The topological polar surface area (TPSA) is 66.8 Å². The summed E-state index contributed by atoms with van der Waals surface area (Å²) in [6, 6.07) is 22.0. The Hall–Kier alpha value is -2.42. The molecule has 8 heteroatoms. The minimum Gasteiger partial charge on any atom is -1.00 e. The van der Waals surface area contributed by atoms with Gasteiger partial charge in [-0.2, -0.15) is 0 Å². The second-order valence-corrected chi connectivity index (χ2v) is 14.9. The number of quaternary nitrogens is 1. The number of sulfone groups is 1. The first-order valence-electron chi connectivity index (χ1n) is 14.4. The van der Waals surface area contributed by atoms with Crippen LogP contribution in [0, 0.1) is 12.3 Å². The molecule has 0 radical (unpaired) electrons. The second kappa shape index (κ2) is 11.3. The summed E-state index contributed by atoms with van der Waals surface area (Å²) in [5.74, 6) is 0.210. The van der Waals surface area contributed by atoms with E-state index in [1.165, 1.54) is 49.3 Å². The maximum atomic E-state index is 13.2. The van der Waals surface area contributed by atoms with E-state index in [1.54, 1.807) is 6.07 Å². The van der Waals surface area contributed by atoms with Crippen LogP contribution in [0.5, 0.6) is 5.75 Å². The van der Waals surface area contributed by atoms with Crippen LogP contribution in [0.25, 0.3) is 0 Å². The largest absolute Gasteiger partial charge is 1.00 e. The van der Waals surface area contributed by atoms with Crippen molar-refractivity contribution in [3.05, 3.63) is 94.5 Å². The van der Waals surface area contributed by atoms with Crippen LogP contribution in [0.3, 0.4) is 0 Å². The van der Waals surface area contributed by atoms with Gasteiger partial charge in [-0.3, -0.25) is 4.90 Å². The van der Waals surface area contributed by atoms with Crippen LogP contribution in [0.1, 0.15) is 47.6 Å². The summed E-state index contributed by atoms with van der Waals surface area (Å²) in [5.41, 5.74) is 4.25. The number of ether oxygens (including phenoxy) is 1. The van der Waals surface area contributed by atoms with Gasteiger partial charge in [0.2, 0.25) is 0 Å². The van der Waals surface area contributed by atoms with Crippen LogP contribution in [-0.4, -0.2) is 74.0 Å². The van der Waals surface area contributed by atoms with E-state index in [0.717, 1.165) is 29.0 Å². The lowest BCUT2D eigenvalue weighted by Gasteiger charge is -2.50. The number of rotatable bonds is 6. The molecule has 2 bridgehead atoms. The highest BCUT2D eigenvalue weighted by molar-refractivity contribution is 7.91. The lowest BCUT2D eigenvalue weighted by Crippen LogP contribution is -3.00. The number of benzene rings is 3. The zero-order valence-corrected chi connectivity index (χ0v) is 25.8. The Morgan fingerprint density at radius 3 is 2.17 bits per heavy atom. The van der Waals surface area contributed by atoms with Gasteiger partial charge in [-0.25, -0.2) is 8.42 Å². The zero-order chi connectivity index (χ0) is 28.1. The van der Waals surface area contributed by atoms with Crippen LogP contribution in [-0.2, 0) is 23.0 Å². The number of aliphatic hydroxyl groups excluding tert-OH is 1. The molecule has 3 saturated heterocycles. The van der Waals surface area contributed by atoms with E-state index in [9.17, 15) is 13.5 Å². The number of aryl methyl sites for hydroxylation is 1. The summed E-state index contributed by atoms with van der Waals surface area (Å²) < 4.78 is 33.8. The lowest BCUT2D eigenvalue weighted by molar-refractivity contribution is -0.953. The summed E-state index contributed by atoms with van der Waals surface area (Å²) in [7, 11) is -3.53. The van der Waals surface area contributed by atoms with Gasteiger partial charge in [0.05, 0.1) is 36.4 Å². The fraction of sp³-hybridized carbons (Fsp3) is 0.455. The molecule has 0 amide bonds. The average Bonchev–Trinajstić information content (AvgIpc) is 2.99. The van der Waals surface area contributed by atoms with E-state index in [2.05, 4.69) is 29.2 Å². The van der Waals surface area contributed by atoms with Gasteiger partial charge < -0.3 is 26.7 Å². The number of hydrogen-bond acceptors (Lipinski definition) is 5. The van der Waals surface area contributed by atoms with Crippen molar-refractivity contribution in [2.24, 2.45) is 5.41 Å². The Kier molecular flexibility index (Phi) is 8.31. The minimum atomic E-state index is -3.53. The first-order valence-corrected chi connectivity index (χ1v) is 16.1. The molecule has 6 nitrogen and oxygen atoms in total. The predicted octanol–water partition coefficient (Wildman–Crippen LogP) is 1.53. The van der Waals surface area contributed by atoms with Crippen molar-refractivity contribution < 1.29 is 35.2 Å². The van der Waals surface area contributed by atoms with Crippen molar-refractivity contribution in [2.75, 3.05) is 45.0 Å². The quantitative estimate of drug-likeness (QED) is 0.437. The second-order valence-electron chi connectivity index (χ2n) is 12.9. The third kappa shape index (κ3) is 6.06. The maximum absolute atomic E-state index is 13.2. The first-order chi connectivity index (χ1) is 19.0. The highest BCUT2D eigenvalue weighted by Crippen LogP contribution is 2.45. The van der Waals surface area contributed by atoms with Gasteiger partial charge in [-0.05, 0) is 41.8 Å². The average molecular weight is 597 g/mol. The molecule has 0 aromatic heterocycles. The summed E-state index contributed by atoms with van der Waals surface area (Å²) in [4.78, 5) is 2.90. The van der Waals surface area contributed by atoms with Gasteiger partial charge >= 0.3 is 0 Å². The fourth-order valence-electron chi connectivity index (χ4n) is 6.87. The van der Waals surface area contributed by atoms with Crippen molar-refractivity contribution in [2.45, 2.75) is 50.8 Å². The van der Waals surface area contributed by atoms with Crippen LogP contribution in [0.4, 0.5) is 0 Å². The van der Waals surface area contributed by atoms with Gasteiger partial charge in [0, 0.05) is 36.5 Å². The summed E-state index contributed by atoms with van der Waals surface area (Å²) in [6.07, 6.45) is -0.852. The van der Waals surface area contributed by atoms with Gasteiger partial charge in [0.15, 0.2) is 9.84 Å². The van der Waals surface area contributed by atoms with Crippen LogP contribution in [0.15, 0.2) is 71.6 Å². The molecule has 41 heavy (non-hydrogen) atoms. The molecule has 2 atom stereocenters. The van der Waals surface area contributed by atoms with E-state index in [1.807, 2.05) is 57.2 Å². The van der Waals surface area contributed by atoms with Crippen LogP contribution < -0.4 is 17.1 Å². The summed E-state index contributed by atoms with van der Waals surface area (Å²) in [6.45, 7) is 14.7. The Morgan fingerprint density at radius 1 is 0.927 bits per heavy atom. The third-order valence-corrected chi connectivity index (χ3v) is 11.5. The molecule has 4 aliphatic rings. The minimum absolute atomic E-state index is 0. The van der Waals surface area contributed by atoms with E-state index in [-0.39, 0.29) is 18.2 Å². The molecule has 220 valence electrons. The number of halogens is 1. The Balaban J connectivity index is 0.00000337. The third-order valence-electron chi connectivity index (χ3n) is 9.37. The van der Waals surface area contributed by atoms with Gasteiger partial charge in [0.25, 0.3) is 0 Å². The van der Waals surface area contributed by atoms with Crippen molar-refractivity contribution in [1.29, 1.82) is 0 Å². The maximum Gasteiger partial charge on any atom is 0.179 e. The monoisotopic (exact) mass is 596 g/mol. The molecule has 3 aromatic carbocycles. The molecule has 3 fully saturated rings. The molecule has 4 aliphatic heterocycles. The lowest BCUT2D eigenvalue weighted by atomic mass is 9.75. The first kappa shape index (κ1) is 30.1. The van der Waals surface area contributed by atoms with Crippen LogP contribution in [0.2, 0.25) is 0 Å². The molecule has 7 rings (SSSR count). The molecule has 0 aliphatic carbocycles. The Morgan fingerprint density at radius 2 is 1.54 bits per heavy atom. The van der Waals surface area contributed by atoms with Gasteiger partial charge in [-0.1, -0.05) is 67.9 Å². The Labute approximate surface area is 250 Å². The van der Waals surface area contributed by atoms with E-state index >= 15 is 0 Å². The molecule has 0 unspecified atom stereocenters. The van der Waals surface area contributed by atoms with Crippen LogP contribution >= 0.6 is 0 Å². The van der Waals surface area contributed by atoms with Crippen molar-refractivity contribution in [3.8, 4) is 5.75 Å². The van der Waals surface area contributed by atoms with Gasteiger partial charge in [-0.15, -0.1) is 0 Å². The normalized spacial score (nSPS) is 27.8. The van der Waals surface area contributed by atoms with Gasteiger partial charge in [0.1, 0.15) is 18.9 Å². The predicted molar refractivity (Wildman–Crippen MR) is 157 cm³/mol. The highest BCUT2D eigenvalue weighted by Gasteiger charge is 2.45. The molecule has 3 aromatic rings. The van der Waals surface area contributed by atoms with Crippen molar-refractivity contribution >= 4 is 9.84 Å². The zero-order valence-electron chi connectivity index (χ0n) is 24.2. The number of nitrogens with zero attached hydrogens (tertiary/aromatic N) is 2. The summed E-state index contributed by atoms with van der Waals surface area (Å²) in [5, 5.41) is 11.5. The number of fused-ring (bicyclic) bond motifs is 4. The van der Waals surface area contributed by atoms with Crippen molar-refractivity contribution in [1.82, 2.24) is 4.90 Å². The number of hydrogen-bond donors (Lipinski definition) is 1. The number of piperazine rings is 3. The highest BCUT2D eigenvalue weighted by atomic mass is 35.5. The standard InChI is InChI=1S/C33H41N2O4S.ClH/c1-24-4-13-30-29(20-24)31(32(36)33(2,3)23-40(30,37)38)27-9-11-28(12-10-27)39-22-26-7-5-25(6-8-26)21-35-17-14-34(15-18-35)16-19-35;/h4-13,20,31-32,36H,14-19,21-23H2,1-3H3;1H/q+1;/p-1/t31-,32-;/m1./s1. The van der Waals surface area contributed by atoms with E-state index in [4.69, 9.17) is 4.74 Å². The fourth-order valence-corrected chi connectivity index (χ4v) is 8.99. The van der Waals surface area contributed by atoms with E-state index in [0.29, 0.717) is 17.1 Å². The molecular weight excluding hydrogens is 556 g/mol. The number of aliphatic hydroxyl groups is 1. The summed E-state index contributed by atoms with van der Waals surface area (Å²) >= 11 is 0. The molecule has 4 heterocycles. The molecule has 0 spiro atoms. The van der Waals surface area contributed by atoms with E-state index < -0.39 is 27.3 Å².